The highest BCUT2D eigenvalue weighted by Crippen LogP contribution is 2.20. The number of amides is 4. The molecule has 0 saturated carbocycles. The molecule has 2 heterocycles. The zero-order chi connectivity index (χ0) is 53.7. The standard InChI is InChI=1S/C62H120N6O6/c1-7-9-11-13-15-17-19-21-23-25-27-29-33-39-57(69)67(45-37-43-65-47-51-73-52-48-65)59(55(3)4)61(71)63-41-35-31-32-36-42-64-62(72)60(56(5)6)68(46-38-44-66-49-53-74-54-50-66)58(70)40-34-30-28-26-24-22-20-18-16-14-12-10-8-2/h55-56,59-60H,7-54H2,1-6H3,(H,63,71)(H,64,72). The second-order valence-electron chi connectivity index (χ2n) is 23.1. The fraction of sp³-hybridized carbons (Fsp3) is 0.935. The molecule has 0 aromatic rings. The van der Waals surface area contributed by atoms with Crippen LogP contribution in [0.3, 0.4) is 0 Å². The summed E-state index contributed by atoms with van der Waals surface area (Å²) < 4.78 is 11.1. The Morgan fingerprint density at radius 2 is 0.662 bits per heavy atom. The highest BCUT2D eigenvalue weighted by Gasteiger charge is 2.33. The summed E-state index contributed by atoms with van der Waals surface area (Å²) in [6.45, 7) is 23.6. The molecule has 12 heteroatoms. The summed E-state index contributed by atoms with van der Waals surface area (Å²) in [6, 6.07) is -0.975. The average molecular weight is 1050 g/mol. The number of carbonyl (C=O) groups excluding carboxylic acids is 4. The van der Waals surface area contributed by atoms with E-state index in [1.54, 1.807) is 0 Å². The maximum atomic E-state index is 13.9. The normalized spacial score (nSPS) is 15.4. The van der Waals surface area contributed by atoms with Crippen molar-refractivity contribution in [3.63, 3.8) is 0 Å². The first-order valence-electron chi connectivity index (χ1n) is 31.8. The van der Waals surface area contributed by atoms with Crippen molar-refractivity contribution in [3.05, 3.63) is 0 Å². The molecule has 2 aliphatic rings. The smallest absolute Gasteiger partial charge is 0.243 e. The van der Waals surface area contributed by atoms with Crippen LogP contribution in [0.2, 0.25) is 0 Å². The molecule has 2 fully saturated rings. The zero-order valence-corrected chi connectivity index (χ0v) is 49.5. The van der Waals surface area contributed by atoms with Gasteiger partial charge >= 0.3 is 0 Å². The van der Waals surface area contributed by atoms with Crippen LogP contribution >= 0.6 is 0 Å². The van der Waals surface area contributed by atoms with E-state index in [0.29, 0.717) is 39.0 Å². The third-order valence-corrected chi connectivity index (χ3v) is 15.8. The summed E-state index contributed by atoms with van der Waals surface area (Å²) in [7, 11) is 0. The number of nitrogens with one attached hydrogen (secondary N) is 2. The minimum Gasteiger partial charge on any atom is -0.379 e. The van der Waals surface area contributed by atoms with Crippen molar-refractivity contribution < 1.29 is 28.7 Å². The van der Waals surface area contributed by atoms with E-state index in [-0.39, 0.29) is 35.5 Å². The molecule has 0 bridgehead atoms. The molecule has 0 radical (unpaired) electrons. The van der Waals surface area contributed by atoms with Crippen molar-refractivity contribution in [2.45, 2.75) is 272 Å². The van der Waals surface area contributed by atoms with E-state index in [0.717, 1.165) is 130 Å². The van der Waals surface area contributed by atoms with Gasteiger partial charge in [0.2, 0.25) is 23.6 Å². The summed E-state index contributed by atoms with van der Waals surface area (Å²) in [5.74, 6) is 0.136. The highest BCUT2D eigenvalue weighted by atomic mass is 16.5. The van der Waals surface area contributed by atoms with Gasteiger partial charge in [0, 0.05) is 78.3 Å². The highest BCUT2D eigenvalue weighted by molar-refractivity contribution is 5.88. The first kappa shape index (κ1) is 67.8. The Morgan fingerprint density at radius 1 is 0.392 bits per heavy atom. The number of ether oxygens (including phenoxy) is 2. The predicted octanol–water partition coefficient (Wildman–Crippen LogP) is 12.9. The third-order valence-electron chi connectivity index (χ3n) is 15.8. The van der Waals surface area contributed by atoms with Gasteiger partial charge in [0.15, 0.2) is 0 Å². The quantitative estimate of drug-likeness (QED) is 0.0578. The number of unbranched alkanes of at least 4 members (excludes halogenated alkanes) is 27. The van der Waals surface area contributed by atoms with Gasteiger partial charge in [0.1, 0.15) is 12.1 Å². The second kappa shape index (κ2) is 46.8. The summed E-state index contributed by atoms with van der Waals surface area (Å²) in [5.41, 5.74) is 0. The summed E-state index contributed by atoms with van der Waals surface area (Å²) in [4.78, 5) is 64.4. The van der Waals surface area contributed by atoms with Gasteiger partial charge in [0.25, 0.3) is 0 Å². The first-order chi connectivity index (χ1) is 36.1. The summed E-state index contributed by atoms with van der Waals surface area (Å²) >= 11 is 0. The van der Waals surface area contributed by atoms with Crippen LogP contribution < -0.4 is 10.6 Å². The Hall–Kier alpha value is -2.28. The molecule has 0 spiro atoms. The maximum absolute atomic E-state index is 13.9. The van der Waals surface area contributed by atoms with Gasteiger partial charge in [-0.2, -0.15) is 0 Å². The molecule has 74 heavy (non-hydrogen) atoms. The largest absolute Gasteiger partial charge is 0.379 e. The molecule has 2 rings (SSSR count). The van der Waals surface area contributed by atoms with Crippen LogP contribution in [-0.4, -0.2) is 147 Å². The van der Waals surface area contributed by atoms with Gasteiger partial charge in [-0.15, -0.1) is 0 Å². The van der Waals surface area contributed by atoms with Crippen molar-refractivity contribution in [2.75, 3.05) is 91.9 Å². The Bertz CT molecular complexity index is 1260. The number of carbonyl (C=O) groups is 4. The number of morpholine rings is 2. The molecule has 2 saturated heterocycles. The van der Waals surface area contributed by atoms with Crippen molar-refractivity contribution in [1.82, 2.24) is 30.2 Å². The van der Waals surface area contributed by atoms with Gasteiger partial charge in [-0.1, -0.05) is 208 Å². The molecule has 2 aliphatic heterocycles. The average Bonchev–Trinajstić information content (AvgIpc) is 3.39. The van der Waals surface area contributed by atoms with Crippen LogP contribution in [-0.2, 0) is 28.7 Å². The number of hydrogen-bond donors (Lipinski definition) is 2. The van der Waals surface area contributed by atoms with Crippen LogP contribution in [0.1, 0.15) is 260 Å². The Morgan fingerprint density at radius 3 is 0.946 bits per heavy atom. The molecule has 0 aromatic heterocycles. The van der Waals surface area contributed by atoms with Gasteiger partial charge in [-0.3, -0.25) is 29.0 Å². The third kappa shape index (κ3) is 33.8. The fourth-order valence-corrected chi connectivity index (χ4v) is 11.1. The predicted molar refractivity (Wildman–Crippen MR) is 310 cm³/mol. The van der Waals surface area contributed by atoms with E-state index in [9.17, 15) is 19.2 Å². The number of rotatable bonds is 49. The number of hydrogen-bond acceptors (Lipinski definition) is 8. The summed E-state index contributed by atoms with van der Waals surface area (Å²) in [6.07, 6.45) is 39.3. The lowest BCUT2D eigenvalue weighted by atomic mass is 9.99. The van der Waals surface area contributed by atoms with Crippen LogP contribution in [0.4, 0.5) is 0 Å². The lowest BCUT2D eigenvalue weighted by molar-refractivity contribution is -0.142. The Kier molecular flexibility index (Phi) is 42.9. The van der Waals surface area contributed by atoms with Crippen LogP contribution in [0.25, 0.3) is 0 Å². The minimum atomic E-state index is -0.488. The maximum Gasteiger partial charge on any atom is 0.243 e. The van der Waals surface area contributed by atoms with Crippen molar-refractivity contribution >= 4 is 23.6 Å². The molecule has 12 nitrogen and oxygen atoms in total. The van der Waals surface area contributed by atoms with Crippen LogP contribution in [0, 0.1) is 11.8 Å². The van der Waals surface area contributed by atoms with Crippen molar-refractivity contribution in [1.29, 1.82) is 0 Å². The lowest BCUT2D eigenvalue weighted by Gasteiger charge is -2.35. The molecule has 2 N–H and O–H groups in total. The summed E-state index contributed by atoms with van der Waals surface area (Å²) in [5, 5.41) is 6.44. The molecular formula is C62H120N6O6. The second-order valence-corrected chi connectivity index (χ2v) is 23.1. The Labute approximate surface area is 456 Å². The van der Waals surface area contributed by atoms with Gasteiger partial charge in [0.05, 0.1) is 26.4 Å². The van der Waals surface area contributed by atoms with Crippen LogP contribution in [0.15, 0.2) is 0 Å². The first-order valence-corrected chi connectivity index (χ1v) is 31.8. The topological polar surface area (TPSA) is 124 Å². The van der Waals surface area contributed by atoms with Crippen molar-refractivity contribution in [3.8, 4) is 0 Å². The monoisotopic (exact) mass is 1040 g/mol. The fourth-order valence-electron chi connectivity index (χ4n) is 11.1. The van der Waals surface area contributed by atoms with Gasteiger partial charge in [-0.05, 0) is 50.4 Å². The SMILES string of the molecule is CCCCCCCCCCCCCCCC(=O)N(CCCN1CCOCC1)C(C(=O)NCCCCCCNC(=O)C(C(C)C)N(CCCN1CCOCC1)C(=O)CCCCCCCCCCCCCCC)C(C)C. The number of nitrogens with zero attached hydrogens (tertiary/aromatic N) is 4. The van der Waals surface area contributed by atoms with Crippen LogP contribution in [0.5, 0.6) is 0 Å². The molecule has 0 aromatic carbocycles. The van der Waals surface area contributed by atoms with E-state index in [4.69, 9.17) is 9.47 Å². The van der Waals surface area contributed by atoms with E-state index in [2.05, 4.69) is 62.0 Å². The molecule has 0 aliphatic carbocycles. The molecular weight excluding hydrogens is 925 g/mol. The molecule has 434 valence electrons. The molecule has 2 atom stereocenters. The van der Waals surface area contributed by atoms with E-state index < -0.39 is 12.1 Å². The Balaban J connectivity index is 1.81. The van der Waals surface area contributed by atoms with E-state index >= 15 is 0 Å². The minimum absolute atomic E-state index is 0.00228. The van der Waals surface area contributed by atoms with Crippen molar-refractivity contribution in [2.24, 2.45) is 11.8 Å². The molecule has 2 unspecified atom stereocenters. The van der Waals surface area contributed by atoms with E-state index in [1.807, 2.05) is 9.80 Å². The van der Waals surface area contributed by atoms with Gasteiger partial charge in [-0.25, -0.2) is 0 Å². The lowest BCUT2D eigenvalue weighted by Crippen LogP contribution is -2.53. The van der Waals surface area contributed by atoms with Gasteiger partial charge < -0.3 is 29.9 Å². The zero-order valence-electron chi connectivity index (χ0n) is 49.5. The van der Waals surface area contributed by atoms with E-state index in [1.165, 1.54) is 141 Å². The molecule has 4 amide bonds.